The van der Waals surface area contributed by atoms with Crippen molar-refractivity contribution in [3.05, 3.63) is 77.8 Å². The van der Waals surface area contributed by atoms with E-state index in [0.717, 1.165) is 0 Å². The molecular weight excluding hydrogens is 480 g/mol. The number of carbonyl (C=O) groups is 1. The van der Waals surface area contributed by atoms with E-state index in [4.69, 9.17) is 25.8 Å². The highest BCUT2D eigenvalue weighted by Crippen LogP contribution is 2.37. The van der Waals surface area contributed by atoms with E-state index in [1.807, 2.05) is 12.1 Å². The summed E-state index contributed by atoms with van der Waals surface area (Å²) in [5.41, 5.74) is 0.362. The summed E-state index contributed by atoms with van der Waals surface area (Å²) in [5, 5.41) is 3.17. The molecule has 3 aromatic carbocycles. The lowest BCUT2D eigenvalue weighted by atomic mass is 10.2. The van der Waals surface area contributed by atoms with E-state index in [1.54, 1.807) is 43.5 Å². The van der Waals surface area contributed by atoms with Crippen LogP contribution in [0.25, 0.3) is 0 Å². The summed E-state index contributed by atoms with van der Waals surface area (Å²) < 4.78 is 44.7. The van der Waals surface area contributed by atoms with Gasteiger partial charge in [-0.25, -0.2) is 8.42 Å². The van der Waals surface area contributed by atoms with Crippen molar-refractivity contribution < 1.29 is 27.4 Å². The van der Waals surface area contributed by atoms with Crippen LogP contribution in [0.4, 0.5) is 5.69 Å². The van der Waals surface area contributed by atoms with Crippen molar-refractivity contribution in [3.63, 3.8) is 0 Å². The summed E-state index contributed by atoms with van der Waals surface area (Å²) in [7, 11) is -2.40. The molecule has 8 nitrogen and oxygen atoms in total. The van der Waals surface area contributed by atoms with Gasteiger partial charge in [0.05, 0.1) is 30.8 Å². The third-order valence-corrected chi connectivity index (χ3v) is 7.20. The van der Waals surface area contributed by atoms with Crippen LogP contribution in [0.15, 0.2) is 77.7 Å². The summed E-state index contributed by atoms with van der Waals surface area (Å²) in [5.74, 6) is 0.998. The largest absolute Gasteiger partial charge is 0.493 e. The standard InChI is InChI=1S/C24H23ClN2O6S/c1-31-21-8-4-5-9-22(21)32-15-14-26-24(28)23-16-27(19-6-2-3-7-20(19)33-23)34(29,30)18-12-10-17(25)11-13-18/h2-13,23H,14-16H2,1H3,(H,26,28)/t23-/m0/s1. The van der Waals surface area contributed by atoms with Gasteiger partial charge in [0.2, 0.25) is 0 Å². The predicted molar refractivity (Wildman–Crippen MR) is 128 cm³/mol. The normalized spacial score (nSPS) is 15.1. The molecule has 0 radical (unpaired) electrons. The summed E-state index contributed by atoms with van der Waals surface area (Å²) in [4.78, 5) is 12.9. The van der Waals surface area contributed by atoms with Crippen molar-refractivity contribution in [2.24, 2.45) is 0 Å². The molecule has 10 heteroatoms. The molecule has 0 spiro atoms. The number of amides is 1. The molecule has 1 amide bonds. The Labute approximate surface area is 203 Å². The Balaban J connectivity index is 1.46. The average molecular weight is 503 g/mol. The summed E-state index contributed by atoms with van der Waals surface area (Å²) in [6, 6.07) is 19.8. The SMILES string of the molecule is COc1ccccc1OCCNC(=O)[C@@H]1CN(S(=O)(=O)c2ccc(Cl)cc2)c2ccccc2O1. The van der Waals surface area contributed by atoms with Crippen LogP contribution < -0.4 is 23.8 Å². The number of hydrogen-bond acceptors (Lipinski definition) is 6. The monoisotopic (exact) mass is 502 g/mol. The van der Waals surface area contributed by atoms with Gasteiger partial charge in [-0.1, -0.05) is 35.9 Å². The Kier molecular flexibility index (Phi) is 7.14. The second-order valence-electron chi connectivity index (χ2n) is 7.35. The molecule has 4 rings (SSSR count). The molecule has 1 N–H and O–H groups in total. The van der Waals surface area contributed by atoms with Crippen molar-refractivity contribution in [1.29, 1.82) is 0 Å². The lowest BCUT2D eigenvalue weighted by Crippen LogP contribution is -2.51. The van der Waals surface area contributed by atoms with Gasteiger partial charge in [-0.2, -0.15) is 0 Å². The van der Waals surface area contributed by atoms with E-state index in [0.29, 0.717) is 28.0 Å². The van der Waals surface area contributed by atoms with Crippen LogP contribution in [-0.4, -0.2) is 47.2 Å². The molecule has 0 bridgehead atoms. The Morgan fingerprint density at radius 2 is 1.74 bits per heavy atom. The van der Waals surface area contributed by atoms with Gasteiger partial charge >= 0.3 is 0 Å². The maximum Gasteiger partial charge on any atom is 0.264 e. The van der Waals surface area contributed by atoms with Gasteiger partial charge in [-0.15, -0.1) is 0 Å². The molecule has 0 saturated carbocycles. The maximum atomic E-state index is 13.4. The average Bonchev–Trinajstić information content (AvgIpc) is 2.86. The number of benzene rings is 3. The molecule has 0 aromatic heterocycles. The Hall–Kier alpha value is -3.43. The third-order valence-electron chi connectivity index (χ3n) is 5.16. The third kappa shape index (κ3) is 5.05. The second-order valence-corrected chi connectivity index (χ2v) is 9.65. The molecule has 0 aliphatic carbocycles. The molecule has 0 fully saturated rings. The van der Waals surface area contributed by atoms with Gasteiger partial charge in [-0.3, -0.25) is 9.10 Å². The van der Waals surface area contributed by atoms with E-state index in [2.05, 4.69) is 5.32 Å². The summed E-state index contributed by atoms with van der Waals surface area (Å²) in [6.45, 7) is 0.214. The van der Waals surface area contributed by atoms with Crippen molar-refractivity contribution in [3.8, 4) is 17.2 Å². The number of methoxy groups -OCH3 is 1. The number of nitrogens with zero attached hydrogens (tertiary/aromatic N) is 1. The van der Waals surface area contributed by atoms with Crippen molar-refractivity contribution >= 4 is 33.2 Å². The van der Waals surface area contributed by atoms with Gasteiger partial charge in [0.15, 0.2) is 17.6 Å². The van der Waals surface area contributed by atoms with Gasteiger partial charge in [0.25, 0.3) is 15.9 Å². The number of halogens is 1. The summed E-state index contributed by atoms with van der Waals surface area (Å²) >= 11 is 5.91. The topological polar surface area (TPSA) is 94.2 Å². The van der Waals surface area contributed by atoms with Crippen LogP contribution in [0.5, 0.6) is 17.2 Å². The van der Waals surface area contributed by atoms with Crippen LogP contribution in [-0.2, 0) is 14.8 Å². The molecule has 3 aromatic rings. The van der Waals surface area contributed by atoms with Gasteiger partial charge in [-0.05, 0) is 48.5 Å². The fourth-order valence-corrected chi connectivity index (χ4v) is 5.09. The number of rotatable bonds is 8. The number of sulfonamides is 1. The summed E-state index contributed by atoms with van der Waals surface area (Å²) in [6.07, 6.45) is -1.04. The first-order valence-electron chi connectivity index (χ1n) is 10.5. The molecule has 0 saturated heterocycles. The van der Waals surface area contributed by atoms with Crippen LogP contribution >= 0.6 is 11.6 Å². The second kappa shape index (κ2) is 10.2. The Morgan fingerprint density at radius 3 is 2.47 bits per heavy atom. The molecular formula is C24H23ClN2O6S. The quantitative estimate of drug-likeness (QED) is 0.474. The number of anilines is 1. The minimum absolute atomic E-state index is 0.0676. The van der Waals surface area contributed by atoms with Crippen molar-refractivity contribution in [1.82, 2.24) is 5.32 Å². The van der Waals surface area contributed by atoms with Crippen molar-refractivity contribution in [2.75, 3.05) is 31.1 Å². The van der Waals surface area contributed by atoms with Crippen LogP contribution in [0, 0.1) is 0 Å². The smallest absolute Gasteiger partial charge is 0.264 e. The highest BCUT2D eigenvalue weighted by atomic mass is 35.5. The molecule has 1 aliphatic heterocycles. The number of ether oxygens (including phenoxy) is 3. The Morgan fingerprint density at radius 1 is 1.06 bits per heavy atom. The first kappa shape index (κ1) is 23.7. The van der Waals surface area contributed by atoms with E-state index >= 15 is 0 Å². The lowest BCUT2D eigenvalue weighted by Gasteiger charge is -2.34. The zero-order valence-corrected chi connectivity index (χ0v) is 19.9. The molecule has 0 unspecified atom stereocenters. The fourth-order valence-electron chi connectivity index (χ4n) is 3.49. The van der Waals surface area contributed by atoms with Crippen LogP contribution in [0.3, 0.4) is 0 Å². The van der Waals surface area contributed by atoms with Gasteiger partial charge < -0.3 is 19.5 Å². The van der Waals surface area contributed by atoms with Crippen LogP contribution in [0.1, 0.15) is 0 Å². The lowest BCUT2D eigenvalue weighted by molar-refractivity contribution is -0.127. The first-order chi connectivity index (χ1) is 16.4. The number of carbonyl (C=O) groups excluding carboxylic acids is 1. The van der Waals surface area contributed by atoms with E-state index in [-0.39, 0.29) is 24.6 Å². The molecule has 178 valence electrons. The zero-order valence-electron chi connectivity index (χ0n) is 18.3. The number of para-hydroxylation sites is 4. The van der Waals surface area contributed by atoms with E-state index in [9.17, 15) is 13.2 Å². The van der Waals surface area contributed by atoms with E-state index in [1.165, 1.54) is 28.6 Å². The molecule has 34 heavy (non-hydrogen) atoms. The molecule has 1 atom stereocenters. The van der Waals surface area contributed by atoms with Crippen LogP contribution in [0.2, 0.25) is 5.02 Å². The van der Waals surface area contributed by atoms with E-state index < -0.39 is 22.0 Å². The minimum atomic E-state index is -3.95. The van der Waals surface area contributed by atoms with Gasteiger partial charge in [0.1, 0.15) is 12.4 Å². The molecule has 1 heterocycles. The fraction of sp³-hybridized carbons (Fsp3) is 0.208. The molecule has 1 aliphatic rings. The zero-order chi connectivity index (χ0) is 24.1. The minimum Gasteiger partial charge on any atom is -0.493 e. The number of nitrogens with one attached hydrogen (secondary N) is 1. The Bertz CT molecular complexity index is 1270. The predicted octanol–water partition coefficient (Wildman–Crippen LogP) is 3.50. The highest BCUT2D eigenvalue weighted by Gasteiger charge is 2.37. The number of hydrogen-bond donors (Lipinski definition) is 1. The highest BCUT2D eigenvalue weighted by molar-refractivity contribution is 7.92. The van der Waals surface area contributed by atoms with Gasteiger partial charge in [0, 0.05) is 5.02 Å². The first-order valence-corrected chi connectivity index (χ1v) is 12.3. The van der Waals surface area contributed by atoms with Crippen molar-refractivity contribution in [2.45, 2.75) is 11.0 Å². The maximum absolute atomic E-state index is 13.4. The number of fused-ring (bicyclic) bond motifs is 1.